The van der Waals surface area contributed by atoms with E-state index in [0.29, 0.717) is 5.41 Å². The quantitative estimate of drug-likeness (QED) is 0.597. The highest BCUT2D eigenvalue weighted by Gasteiger charge is 2.31. The van der Waals surface area contributed by atoms with E-state index in [9.17, 15) is 0 Å². The van der Waals surface area contributed by atoms with Gasteiger partial charge in [0.15, 0.2) is 0 Å². The van der Waals surface area contributed by atoms with Gasteiger partial charge in [0.25, 0.3) is 0 Å². The fourth-order valence-corrected chi connectivity index (χ4v) is 2.15. The number of likely N-dealkylation sites (N-methyl/N-ethyl adjacent to an activating group) is 1. The molecule has 0 aromatic heterocycles. The first kappa shape index (κ1) is 10.4. The van der Waals surface area contributed by atoms with Crippen molar-refractivity contribution in [2.45, 2.75) is 34.1 Å². The molecule has 0 N–H and O–H groups in total. The third-order valence-corrected chi connectivity index (χ3v) is 3.10. The molecule has 1 heteroatoms. The molecule has 1 rings (SSSR count). The molecule has 0 radical (unpaired) electrons. The molecule has 1 aliphatic rings. The second kappa shape index (κ2) is 3.57. The average Bonchev–Trinajstić information content (AvgIpc) is 2.04. The normalized spacial score (nSPS) is 25.4. The van der Waals surface area contributed by atoms with Crippen molar-refractivity contribution in [3.63, 3.8) is 0 Å². The summed E-state index contributed by atoms with van der Waals surface area (Å²) in [6, 6.07) is 0. The minimum atomic E-state index is 0.317. The summed E-state index contributed by atoms with van der Waals surface area (Å²) in [6.07, 6.45) is 3.45. The van der Waals surface area contributed by atoms with Gasteiger partial charge in [-0.2, -0.15) is 0 Å². The molecule has 1 saturated heterocycles. The molecule has 0 aliphatic carbocycles. The van der Waals surface area contributed by atoms with E-state index in [2.05, 4.69) is 45.2 Å². The largest absolute Gasteiger partial charge is 0.372 e. The van der Waals surface area contributed by atoms with Crippen molar-refractivity contribution in [2.75, 3.05) is 13.1 Å². The van der Waals surface area contributed by atoms with Crippen LogP contribution in [0, 0.1) is 5.41 Å². The van der Waals surface area contributed by atoms with E-state index in [1.807, 2.05) is 0 Å². The Morgan fingerprint density at radius 2 is 2.15 bits per heavy atom. The molecule has 1 heterocycles. The van der Waals surface area contributed by atoms with Crippen molar-refractivity contribution < 1.29 is 0 Å². The topological polar surface area (TPSA) is 3.24 Å². The summed E-state index contributed by atoms with van der Waals surface area (Å²) in [5.74, 6) is 0. The van der Waals surface area contributed by atoms with Crippen molar-refractivity contribution in [3.05, 3.63) is 23.9 Å². The highest BCUT2D eigenvalue weighted by Crippen LogP contribution is 2.39. The van der Waals surface area contributed by atoms with Crippen LogP contribution in [-0.4, -0.2) is 18.0 Å². The minimum Gasteiger partial charge on any atom is -0.372 e. The van der Waals surface area contributed by atoms with Gasteiger partial charge in [-0.05, 0) is 31.3 Å². The van der Waals surface area contributed by atoms with Gasteiger partial charge in [0, 0.05) is 18.8 Å². The predicted molar refractivity (Wildman–Crippen MR) is 58.5 cm³/mol. The van der Waals surface area contributed by atoms with Gasteiger partial charge < -0.3 is 4.90 Å². The van der Waals surface area contributed by atoms with Crippen LogP contribution in [-0.2, 0) is 0 Å². The molecule has 74 valence electrons. The smallest absolute Gasteiger partial charge is 0.0327 e. The Labute approximate surface area is 82.1 Å². The first-order valence-electron chi connectivity index (χ1n) is 5.14. The number of rotatable bonds is 1. The molecular weight excluding hydrogens is 158 g/mol. The number of allylic oxidation sites excluding steroid dienone is 2. The maximum absolute atomic E-state index is 4.17. The lowest BCUT2D eigenvalue weighted by molar-refractivity contribution is 0.245. The predicted octanol–water partition coefficient (Wildman–Crippen LogP) is 3.20. The Hall–Kier alpha value is -0.720. The van der Waals surface area contributed by atoms with Crippen LogP contribution in [0.4, 0.5) is 0 Å². The molecule has 0 atom stereocenters. The molecule has 13 heavy (non-hydrogen) atoms. The lowest BCUT2D eigenvalue weighted by Crippen LogP contribution is -2.37. The fourth-order valence-electron chi connectivity index (χ4n) is 2.15. The van der Waals surface area contributed by atoms with Crippen molar-refractivity contribution in [2.24, 2.45) is 5.41 Å². The second-order valence-corrected chi connectivity index (χ2v) is 4.36. The molecule has 0 bridgehead atoms. The fraction of sp³-hybridized carbons (Fsp3) is 0.667. The molecule has 1 aliphatic heterocycles. The van der Waals surface area contributed by atoms with E-state index in [1.54, 1.807) is 0 Å². The number of hydrogen-bond acceptors (Lipinski definition) is 1. The van der Waals surface area contributed by atoms with Crippen LogP contribution in [0.15, 0.2) is 23.9 Å². The van der Waals surface area contributed by atoms with Gasteiger partial charge in [-0.25, -0.2) is 0 Å². The SMILES string of the molecule is C=C1/C(=C\C)C(C)(C)CCN1CC. The van der Waals surface area contributed by atoms with Gasteiger partial charge >= 0.3 is 0 Å². The van der Waals surface area contributed by atoms with Gasteiger partial charge in [0.2, 0.25) is 0 Å². The summed E-state index contributed by atoms with van der Waals surface area (Å²) in [7, 11) is 0. The number of hydrogen-bond donors (Lipinski definition) is 0. The minimum absolute atomic E-state index is 0.317. The van der Waals surface area contributed by atoms with E-state index in [-0.39, 0.29) is 0 Å². The summed E-state index contributed by atoms with van der Waals surface area (Å²) in [5.41, 5.74) is 2.96. The van der Waals surface area contributed by atoms with E-state index in [4.69, 9.17) is 0 Å². The number of likely N-dealkylation sites (tertiary alicyclic amines) is 1. The highest BCUT2D eigenvalue weighted by atomic mass is 15.1. The molecule has 0 saturated carbocycles. The van der Waals surface area contributed by atoms with E-state index in [1.165, 1.54) is 17.7 Å². The highest BCUT2D eigenvalue weighted by molar-refractivity contribution is 5.34. The van der Waals surface area contributed by atoms with Gasteiger partial charge in [-0.3, -0.25) is 0 Å². The molecule has 0 aromatic rings. The van der Waals surface area contributed by atoms with Crippen LogP contribution in [0.25, 0.3) is 0 Å². The van der Waals surface area contributed by atoms with Crippen molar-refractivity contribution >= 4 is 0 Å². The van der Waals surface area contributed by atoms with Crippen LogP contribution in [0.3, 0.4) is 0 Å². The molecular formula is C12H21N. The number of piperidine rings is 1. The zero-order chi connectivity index (χ0) is 10.1. The molecule has 0 unspecified atom stereocenters. The summed E-state index contributed by atoms with van der Waals surface area (Å²) >= 11 is 0. The zero-order valence-electron chi connectivity index (χ0n) is 9.35. The Balaban J connectivity index is 2.92. The summed E-state index contributed by atoms with van der Waals surface area (Å²) in [5, 5.41) is 0. The number of nitrogens with zero attached hydrogens (tertiary/aromatic N) is 1. The average molecular weight is 179 g/mol. The Kier molecular flexibility index (Phi) is 2.84. The lowest BCUT2D eigenvalue weighted by Gasteiger charge is -2.41. The Morgan fingerprint density at radius 1 is 1.54 bits per heavy atom. The van der Waals surface area contributed by atoms with E-state index in [0.717, 1.165) is 13.1 Å². The van der Waals surface area contributed by atoms with Crippen LogP contribution in [0.2, 0.25) is 0 Å². The van der Waals surface area contributed by atoms with Crippen LogP contribution in [0.5, 0.6) is 0 Å². The lowest BCUT2D eigenvalue weighted by atomic mass is 9.76. The standard InChI is InChI=1S/C12H21N/c1-6-11-10(3)13(7-2)9-8-12(11,4)5/h6H,3,7-9H2,1-2,4-5H3/b11-6+. The van der Waals surface area contributed by atoms with Crippen LogP contribution >= 0.6 is 0 Å². The molecule has 1 fully saturated rings. The second-order valence-electron chi connectivity index (χ2n) is 4.36. The molecule has 0 spiro atoms. The Bertz CT molecular complexity index is 236. The monoisotopic (exact) mass is 179 g/mol. The van der Waals surface area contributed by atoms with E-state index < -0.39 is 0 Å². The zero-order valence-corrected chi connectivity index (χ0v) is 9.35. The van der Waals surface area contributed by atoms with Crippen molar-refractivity contribution in [3.8, 4) is 0 Å². The van der Waals surface area contributed by atoms with Gasteiger partial charge in [-0.1, -0.05) is 26.5 Å². The molecule has 0 aromatic carbocycles. The maximum Gasteiger partial charge on any atom is 0.0327 e. The van der Waals surface area contributed by atoms with Gasteiger partial charge in [-0.15, -0.1) is 0 Å². The van der Waals surface area contributed by atoms with Crippen molar-refractivity contribution in [1.82, 2.24) is 4.90 Å². The third-order valence-electron chi connectivity index (χ3n) is 3.10. The Morgan fingerprint density at radius 3 is 2.62 bits per heavy atom. The third kappa shape index (κ3) is 1.79. The van der Waals surface area contributed by atoms with Crippen LogP contribution < -0.4 is 0 Å². The van der Waals surface area contributed by atoms with Gasteiger partial charge in [0.1, 0.15) is 0 Å². The van der Waals surface area contributed by atoms with Gasteiger partial charge in [0.05, 0.1) is 0 Å². The summed E-state index contributed by atoms with van der Waals surface area (Å²) in [4.78, 5) is 2.36. The van der Waals surface area contributed by atoms with Crippen molar-refractivity contribution in [1.29, 1.82) is 0 Å². The first-order valence-corrected chi connectivity index (χ1v) is 5.14. The summed E-state index contributed by atoms with van der Waals surface area (Å²) in [6.45, 7) is 15.3. The summed E-state index contributed by atoms with van der Waals surface area (Å²) < 4.78 is 0. The van der Waals surface area contributed by atoms with Crippen LogP contribution in [0.1, 0.15) is 34.1 Å². The van der Waals surface area contributed by atoms with E-state index >= 15 is 0 Å². The molecule has 1 nitrogen and oxygen atoms in total. The maximum atomic E-state index is 4.17. The molecule has 0 amide bonds. The first-order chi connectivity index (χ1) is 6.03.